The summed E-state index contributed by atoms with van der Waals surface area (Å²) in [6.07, 6.45) is -1.25. The molecule has 0 aliphatic heterocycles. The number of carbonyl (C=O) groups excluding carboxylic acids is 1. The van der Waals surface area contributed by atoms with Crippen LogP contribution in [0.4, 0.5) is 15.8 Å². The highest BCUT2D eigenvalue weighted by Gasteiger charge is 2.28. The first-order chi connectivity index (χ1) is 17.7. The molecule has 1 unspecified atom stereocenters. The molecule has 37 heavy (non-hydrogen) atoms. The zero-order valence-corrected chi connectivity index (χ0v) is 20.5. The van der Waals surface area contributed by atoms with E-state index in [1.54, 1.807) is 6.07 Å². The van der Waals surface area contributed by atoms with Crippen molar-refractivity contribution in [1.29, 1.82) is 0 Å². The van der Waals surface area contributed by atoms with Gasteiger partial charge in [-0.2, -0.15) is 13.5 Å². The lowest BCUT2D eigenvalue weighted by molar-refractivity contribution is -0.124. The summed E-state index contributed by atoms with van der Waals surface area (Å²) in [4.78, 5) is 13.0. The highest BCUT2D eigenvalue weighted by atomic mass is 32.2. The summed E-state index contributed by atoms with van der Waals surface area (Å²) < 4.78 is 45.1. The van der Waals surface area contributed by atoms with Gasteiger partial charge < -0.3 is 10.8 Å². The Morgan fingerprint density at radius 1 is 0.892 bits per heavy atom. The Kier molecular flexibility index (Phi) is 7.98. The quantitative estimate of drug-likeness (QED) is 0.244. The molecule has 1 amide bonds. The van der Waals surface area contributed by atoms with Gasteiger partial charge in [0.1, 0.15) is 5.82 Å². The van der Waals surface area contributed by atoms with Gasteiger partial charge in [0.15, 0.2) is 0 Å². The first kappa shape index (κ1) is 26.0. The molecule has 0 aromatic heterocycles. The number of hydroxylamine groups is 1. The van der Waals surface area contributed by atoms with Crippen molar-refractivity contribution in [1.82, 2.24) is 0 Å². The van der Waals surface area contributed by atoms with E-state index in [2.05, 4.69) is 0 Å². The van der Waals surface area contributed by atoms with E-state index in [1.807, 2.05) is 30.3 Å². The first-order valence-corrected chi connectivity index (χ1v) is 12.8. The minimum Gasteiger partial charge on any atom is -0.399 e. The second-order valence-electron chi connectivity index (χ2n) is 8.39. The van der Waals surface area contributed by atoms with Crippen molar-refractivity contribution in [2.75, 3.05) is 10.8 Å². The number of nitrogens with zero attached hydrogens (tertiary/aromatic N) is 1. The van der Waals surface area contributed by atoms with Crippen LogP contribution in [0.25, 0.3) is 11.1 Å². The molecule has 0 bridgehead atoms. The number of halogens is 1. The van der Waals surface area contributed by atoms with Crippen molar-refractivity contribution in [2.24, 2.45) is 0 Å². The van der Waals surface area contributed by atoms with Crippen molar-refractivity contribution < 1.29 is 27.0 Å². The van der Waals surface area contributed by atoms with Crippen LogP contribution in [0.2, 0.25) is 0 Å². The van der Waals surface area contributed by atoms with Crippen molar-refractivity contribution >= 4 is 27.4 Å². The summed E-state index contributed by atoms with van der Waals surface area (Å²) in [6.45, 7) is 0. The Morgan fingerprint density at radius 3 is 2.24 bits per heavy atom. The van der Waals surface area contributed by atoms with Gasteiger partial charge in [0.2, 0.25) is 0 Å². The second-order valence-corrected chi connectivity index (χ2v) is 9.92. The number of nitrogen functional groups attached to an aromatic ring is 1. The maximum Gasteiger partial charge on any atom is 0.318 e. The molecule has 4 aromatic rings. The van der Waals surface area contributed by atoms with Crippen LogP contribution in [0.15, 0.2) is 108 Å². The monoisotopic (exact) mass is 520 g/mol. The molecule has 7 nitrogen and oxygen atoms in total. The smallest absolute Gasteiger partial charge is 0.318 e. The molecule has 9 heteroatoms. The Hall–Kier alpha value is -4.05. The van der Waals surface area contributed by atoms with Gasteiger partial charge in [0, 0.05) is 5.69 Å². The normalized spacial score (nSPS) is 12.2. The summed E-state index contributed by atoms with van der Waals surface area (Å²) in [5, 5.41) is 11.2. The molecule has 0 radical (unpaired) electrons. The van der Waals surface area contributed by atoms with E-state index in [9.17, 15) is 22.7 Å². The predicted molar refractivity (Wildman–Crippen MR) is 139 cm³/mol. The number of hydrogen-bond acceptors (Lipinski definition) is 6. The number of carbonyl (C=O) groups is 1. The lowest BCUT2D eigenvalue weighted by atomic mass is 10.1. The first-order valence-electron chi connectivity index (χ1n) is 11.4. The van der Waals surface area contributed by atoms with Crippen LogP contribution in [-0.4, -0.2) is 25.5 Å². The topological polar surface area (TPSA) is 110 Å². The van der Waals surface area contributed by atoms with Crippen molar-refractivity contribution in [3.8, 4) is 11.1 Å². The lowest BCUT2D eigenvalue weighted by Gasteiger charge is -2.23. The van der Waals surface area contributed by atoms with Crippen molar-refractivity contribution in [3.05, 3.63) is 115 Å². The van der Waals surface area contributed by atoms with Crippen LogP contribution in [-0.2, 0) is 25.6 Å². The number of nitrogens with two attached hydrogens (primary N) is 1. The van der Waals surface area contributed by atoms with Gasteiger partial charge in [0.05, 0.1) is 23.1 Å². The fourth-order valence-corrected chi connectivity index (χ4v) is 4.66. The highest BCUT2D eigenvalue weighted by Crippen LogP contribution is 2.27. The Morgan fingerprint density at radius 2 is 1.57 bits per heavy atom. The fraction of sp³-hybridized carbons (Fsp3) is 0.107. The van der Waals surface area contributed by atoms with Crippen LogP contribution in [0.3, 0.4) is 0 Å². The second kappa shape index (κ2) is 11.3. The maximum absolute atomic E-state index is 13.3. The molecule has 0 spiro atoms. The van der Waals surface area contributed by atoms with Gasteiger partial charge >= 0.3 is 10.1 Å². The van der Waals surface area contributed by atoms with Crippen molar-refractivity contribution in [3.63, 3.8) is 0 Å². The minimum absolute atomic E-state index is 0.129. The molecule has 1 atom stereocenters. The van der Waals surface area contributed by atoms with E-state index >= 15 is 0 Å². The molecule has 4 aromatic carbocycles. The molecular formula is C28H25FN2O5S. The highest BCUT2D eigenvalue weighted by molar-refractivity contribution is 7.86. The van der Waals surface area contributed by atoms with E-state index in [4.69, 9.17) is 10.0 Å². The average Bonchev–Trinajstić information content (AvgIpc) is 2.89. The van der Waals surface area contributed by atoms with Crippen LogP contribution >= 0.6 is 0 Å². The van der Waals surface area contributed by atoms with E-state index in [0.29, 0.717) is 21.9 Å². The van der Waals surface area contributed by atoms with Gasteiger partial charge in [-0.3, -0.25) is 4.79 Å². The molecule has 0 fully saturated rings. The number of aliphatic hydroxyl groups excluding tert-OH is 1. The Balaban J connectivity index is 1.59. The lowest BCUT2D eigenvalue weighted by Crippen LogP contribution is -2.36. The van der Waals surface area contributed by atoms with E-state index in [-0.39, 0.29) is 23.4 Å². The summed E-state index contributed by atoms with van der Waals surface area (Å²) in [5.74, 6) is -1.17. The summed E-state index contributed by atoms with van der Waals surface area (Å²) in [7, 11) is -4.48. The third-order valence-corrected chi connectivity index (χ3v) is 6.73. The zero-order chi connectivity index (χ0) is 26.4. The summed E-state index contributed by atoms with van der Waals surface area (Å²) in [5.41, 5.74) is 8.24. The SMILES string of the molecule is Nc1ccc(N(OS(=O)(=O)c2cccc(-c3ccc(F)cc3)c2)C(=O)CC(O)Cc2ccccc2)cc1. The summed E-state index contributed by atoms with van der Waals surface area (Å²) >= 11 is 0. The Bertz CT molecular complexity index is 1460. The fourth-order valence-electron chi connectivity index (χ4n) is 3.70. The number of benzene rings is 4. The number of hydrogen-bond donors (Lipinski definition) is 2. The van der Waals surface area contributed by atoms with Gasteiger partial charge in [0.25, 0.3) is 5.91 Å². The molecule has 190 valence electrons. The third kappa shape index (κ3) is 6.79. The van der Waals surface area contributed by atoms with Crippen molar-refractivity contribution in [2.45, 2.75) is 23.8 Å². The number of rotatable bonds is 9. The van der Waals surface area contributed by atoms with Crippen LogP contribution in [0.5, 0.6) is 0 Å². The van der Waals surface area contributed by atoms with Crippen LogP contribution < -0.4 is 10.8 Å². The molecule has 0 saturated heterocycles. The standard InChI is InChI=1S/C28H25FN2O5S/c29-23-11-9-21(10-12-23)22-7-4-8-27(18-22)37(34,35)36-31(25-15-13-24(30)14-16-25)28(33)19-26(32)17-20-5-2-1-3-6-20/h1-16,18,26,32H,17,19,30H2. The van der Waals surface area contributed by atoms with E-state index in [1.165, 1.54) is 66.7 Å². The number of anilines is 2. The molecule has 0 aliphatic carbocycles. The van der Waals surface area contributed by atoms with Crippen LogP contribution in [0.1, 0.15) is 12.0 Å². The summed E-state index contributed by atoms with van der Waals surface area (Å²) in [6, 6.07) is 26.5. The molecule has 0 saturated carbocycles. The number of amides is 1. The molecule has 4 rings (SSSR count). The molecular weight excluding hydrogens is 495 g/mol. The largest absolute Gasteiger partial charge is 0.399 e. The maximum atomic E-state index is 13.3. The van der Waals surface area contributed by atoms with E-state index < -0.39 is 27.9 Å². The predicted octanol–water partition coefficient (Wildman–Crippen LogP) is 4.72. The van der Waals surface area contributed by atoms with Gasteiger partial charge in [-0.1, -0.05) is 54.6 Å². The van der Waals surface area contributed by atoms with Gasteiger partial charge in [-0.15, -0.1) is 4.28 Å². The van der Waals surface area contributed by atoms with E-state index in [0.717, 1.165) is 5.56 Å². The zero-order valence-electron chi connectivity index (χ0n) is 19.7. The molecule has 0 heterocycles. The van der Waals surface area contributed by atoms with Gasteiger partial charge in [-0.05, 0) is 71.6 Å². The molecule has 3 N–H and O–H groups in total. The minimum atomic E-state index is -4.48. The molecule has 0 aliphatic rings. The number of aliphatic hydroxyl groups is 1. The van der Waals surface area contributed by atoms with Crippen LogP contribution in [0, 0.1) is 5.82 Å². The van der Waals surface area contributed by atoms with Gasteiger partial charge in [-0.25, -0.2) is 4.39 Å². The Labute approximate surface area is 214 Å². The third-order valence-electron chi connectivity index (χ3n) is 5.55. The average molecular weight is 521 g/mol.